The summed E-state index contributed by atoms with van der Waals surface area (Å²) in [5, 5.41) is 17.6. The second-order valence-electron chi connectivity index (χ2n) is 16.9. The Morgan fingerprint density at radius 3 is 1.98 bits per heavy atom. The topological polar surface area (TPSA) is 90.4 Å². The number of furan rings is 3. The second-order valence-corrected chi connectivity index (χ2v) is 16.9. The Kier molecular flexibility index (Phi) is 8.61. The molecular weight excluding hydrogens is 998 g/mol. The van der Waals surface area contributed by atoms with E-state index < -0.39 is 0 Å². The number of para-hydroxylation sites is 2. The van der Waals surface area contributed by atoms with Crippen LogP contribution in [0.2, 0.25) is 0 Å². The normalized spacial score (nSPS) is 12.4. The Morgan fingerprint density at radius 2 is 1.18 bits per heavy atom. The van der Waals surface area contributed by atoms with Gasteiger partial charge in [0, 0.05) is 60.1 Å². The van der Waals surface area contributed by atoms with E-state index in [-0.39, 0.29) is 26.8 Å². The van der Waals surface area contributed by atoms with Gasteiger partial charge in [-0.05, 0) is 112 Å². The number of benzene rings is 8. The van der Waals surface area contributed by atoms with Crippen LogP contribution < -0.4 is 0 Å². The van der Waals surface area contributed by atoms with E-state index in [4.69, 9.17) is 23.2 Å². The maximum atomic E-state index is 11.5. The zero-order chi connectivity index (χ0) is 42.8. The molecule has 0 atom stereocenters. The van der Waals surface area contributed by atoms with Gasteiger partial charge in [0.05, 0.1) is 28.5 Å². The number of aromatic hydroxyl groups is 1. The Bertz CT molecular complexity index is 4100. The fourth-order valence-electron chi connectivity index (χ4n) is 10.1. The summed E-state index contributed by atoms with van der Waals surface area (Å²) in [6.45, 7) is 0. The van der Waals surface area contributed by atoms with Gasteiger partial charge in [-0.25, -0.2) is 4.98 Å². The fourth-order valence-corrected chi connectivity index (χ4v) is 10.1. The van der Waals surface area contributed by atoms with E-state index in [9.17, 15) is 5.11 Å². The van der Waals surface area contributed by atoms with E-state index in [1.807, 2.05) is 72.8 Å². The third-order valence-electron chi connectivity index (χ3n) is 13.2. The van der Waals surface area contributed by atoms with E-state index in [1.54, 1.807) is 6.07 Å². The molecule has 1 aliphatic rings. The van der Waals surface area contributed by atoms with Crippen molar-refractivity contribution in [3.05, 3.63) is 193 Å². The zero-order valence-electron chi connectivity index (χ0n) is 35.0. The predicted molar refractivity (Wildman–Crippen MR) is 258 cm³/mol. The quantitative estimate of drug-likeness (QED) is 0.173. The minimum absolute atomic E-state index is 0. The maximum Gasteiger partial charge on any atom is 0.135 e. The van der Waals surface area contributed by atoms with Gasteiger partial charge in [0.25, 0.3) is 0 Å². The monoisotopic (exact) mass is 1030 g/mol. The van der Waals surface area contributed by atoms with Gasteiger partial charge in [0.15, 0.2) is 0 Å². The summed E-state index contributed by atoms with van der Waals surface area (Å²) in [5.41, 5.74) is 15.9. The number of aryl methyl sites for hydroxylation is 1. The molecule has 0 unspecified atom stereocenters. The first-order chi connectivity index (χ1) is 32.1. The van der Waals surface area contributed by atoms with Crippen molar-refractivity contribution in [3.8, 4) is 67.7 Å². The molecule has 0 saturated heterocycles. The number of pyridine rings is 1. The summed E-state index contributed by atoms with van der Waals surface area (Å²) in [7, 11) is 0. The van der Waals surface area contributed by atoms with Crippen LogP contribution in [0.1, 0.15) is 11.1 Å². The van der Waals surface area contributed by atoms with Crippen LogP contribution in [0.3, 0.4) is 0 Å². The molecule has 1 N–H and O–H groups in total. The standard InChI is InChI=1S/C58H34N3O4.Pt/c62-48-16-8-12-34-20-24-40-42(36-22-26-51-43(29-36)38-13-4-6-17-49(38)63-51)31-46(59-57(40)55(34)48)47-32-61(37-23-27-52-44(30-37)39-14-5-7-18-50(39)64-52)58(60-47)41-15-9-19-54-56(41)45-28-35(21-25-53(45)65-54)33-10-2-1-3-11-33;/h1-14,16-19,21-23,25-32,62H,20,24H2;/q-1;. The van der Waals surface area contributed by atoms with E-state index >= 15 is 0 Å². The van der Waals surface area contributed by atoms with Crippen LogP contribution in [0, 0.1) is 6.07 Å². The molecule has 0 amide bonds. The Hall–Kier alpha value is -7.99. The van der Waals surface area contributed by atoms with Gasteiger partial charge < -0.3 is 22.9 Å². The van der Waals surface area contributed by atoms with Crippen LogP contribution in [0.25, 0.3) is 128 Å². The molecule has 0 radical (unpaired) electrons. The summed E-state index contributed by atoms with van der Waals surface area (Å²) in [6, 6.07) is 61.1. The predicted octanol–water partition coefficient (Wildman–Crippen LogP) is 14.9. The third-order valence-corrected chi connectivity index (χ3v) is 13.2. The molecule has 7 nitrogen and oxygen atoms in total. The van der Waals surface area contributed by atoms with Crippen molar-refractivity contribution in [1.29, 1.82) is 0 Å². The van der Waals surface area contributed by atoms with Crippen LogP contribution in [-0.2, 0) is 33.9 Å². The molecular formula is C58H34N3O4Pt-. The van der Waals surface area contributed by atoms with Crippen molar-refractivity contribution in [1.82, 2.24) is 14.5 Å². The maximum absolute atomic E-state index is 11.5. The second kappa shape index (κ2) is 14.8. The van der Waals surface area contributed by atoms with Crippen molar-refractivity contribution >= 4 is 65.8 Å². The summed E-state index contributed by atoms with van der Waals surface area (Å²) in [5.74, 6) is 0.895. The van der Waals surface area contributed by atoms with Gasteiger partial charge in [0.1, 0.15) is 33.7 Å². The van der Waals surface area contributed by atoms with Gasteiger partial charge in [-0.15, -0.1) is 12.1 Å². The number of nitrogens with zero attached hydrogens (tertiary/aromatic N) is 3. The van der Waals surface area contributed by atoms with Crippen LogP contribution >= 0.6 is 0 Å². The van der Waals surface area contributed by atoms with Crippen LogP contribution in [0.15, 0.2) is 189 Å². The minimum atomic E-state index is 0. The van der Waals surface area contributed by atoms with Crippen molar-refractivity contribution in [2.45, 2.75) is 12.8 Å². The molecule has 8 heteroatoms. The average molecular weight is 1030 g/mol. The summed E-state index contributed by atoms with van der Waals surface area (Å²) < 4.78 is 21.2. The molecule has 0 saturated carbocycles. The number of phenols is 1. The first kappa shape index (κ1) is 38.5. The van der Waals surface area contributed by atoms with Crippen LogP contribution in [0.4, 0.5) is 0 Å². The molecule has 0 spiro atoms. The van der Waals surface area contributed by atoms with E-state index in [0.29, 0.717) is 17.2 Å². The molecule has 5 aromatic heterocycles. The number of imidazole rings is 1. The summed E-state index contributed by atoms with van der Waals surface area (Å²) in [6.07, 6.45) is 3.63. The molecule has 8 aromatic carbocycles. The average Bonchev–Trinajstić information content (AvgIpc) is 4.15. The fraction of sp³-hybridized carbons (Fsp3) is 0.0345. The summed E-state index contributed by atoms with van der Waals surface area (Å²) in [4.78, 5) is 11.0. The number of aromatic nitrogens is 3. The van der Waals surface area contributed by atoms with Gasteiger partial charge in [-0.3, -0.25) is 4.98 Å². The van der Waals surface area contributed by atoms with Gasteiger partial charge in [-0.2, -0.15) is 0 Å². The minimum Gasteiger partial charge on any atom is -0.507 e. The van der Waals surface area contributed by atoms with Crippen LogP contribution in [-0.4, -0.2) is 19.6 Å². The molecule has 316 valence electrons. The van der Waals surface area contributed by atoms with E-state index in [1.165, 1.54) is 0 Å². The Morgan fingerprint density at radius 1 is 0.515 bits per heavy atom. The number of hydrogen-bond acceptors (Lipinski definition) is 6. The first-order valence-electron chi connectivity index (χ1n) is 21.8. The van der Waals surface area contributed by atoms with Crippen molar-refractivity contribution in [2.24, 2.45) is 0 Å². The number of fused-ring (bicyclic) bond motifs is 12. The molecule has 13 aromatic rings. The molecule has 0 fully saturated rings. The number of rotatable bonds is 5. The van der Waals surface area contributed by atoms with E-state index in [0.717, 1.165) is 135 Å². The Labute approximate surface area is 391 Å². The van der Waals surface area contributed by atoms with Crippen molar-refractivity contribution in [2.75, 3.05) is 0 Å². The molecule has 66 heavy (non-hydrogen) atoms. The van der Waals surface area contributed by atoms with E-state index in [2.05, 4.69) is 108 Å². The third kappa shape index (κ3) is 5.86. The van der Waals surface area contributed by atoms with Crippen molar-refractivity contribution < 1.29 is 39.4 Å². The van der Waals surface area contributed by atoms with Gasteiger partial charge in [-0.1, -0.05) is 114 Å². The van der Waals surface area contributed by atoms with Crippen molar-refractivity contribution in [3.63, 3.8) is 0 Å². The molecule has 1 aliphatic carbocycles. The SMILES string of the molecule is Oc1cccc2c1-c1nc(-c3cn(-c4ccc5oc6ccccc6c5c4)c(-c4[c-]ccc5oc6ccc(-c7ccccc7)cc6c45)n3)cc(-c3ccc4oc5ccccc5c4c3)c1CC2.[Pt]. The zero-order valence-corrected chi connectivity index (χ0v) is 37.3. The number of phenolic OH excluding ortho intramolecular Hbond substituents is 1. The Balaban J connectivity index is 0.00000435. The molecule has 0 aliphatic heterocycles. The first-order valence-corrected chi connectivity index (χ1v) is 21.8. The van der Waals surface area contributed by atoms with Gasteiger partial charge >= 0.3 is 0 Å². The van der Waals surface area contributed by atoms with Crippen LogP contribution in [0.5, 0.6) is 5.75 Å². The molecule has 0 bridgehead atoms. The largest absolute Gasteiger partial charge is 0.507 e. The van der Waals surface area contributed by atoms with Gasteiger partial charge in [0.2, 0.25) is 0 Å². The molecule has 14 rings (SSSR count). The molecule has 5 heterocycles. The number of hydrogen-bond donors (Lipinski definition) is 1. The smallest absolute Gasteiger partial charge is 0.135 e. The summed E-state index contributed by atoms with van der Waals surface area (Å²) >= 11 is 0.